The quantitative estimate of drug-likeness (QED) is 0.834. The molecule has 0 aliphatic carbocycles. The topological polar surface area (TPSA) is 80.5 Å². The smallest absolute Gasteiger partial charge is 0.253 e. The van der Waals surface area contributed by atoms with Crippen molar-refractivity contribution < 1.29 is 13.2 Å². The third-order valence-electron chi connectivity index (χ3n) is 3.02. The Bertz CT molecular complexity index is 568. The maximum atomic E-state index is 12.1. The first-order valence-corrected chi connectivity index (χ1v) is 7.62. The fraction of sp³-hybridized carbons (Fsp3) is 0.417. The molecule has 18 heavy (non-hydrogen) atoms. The summed E-state index contributed by atoms with van der Waals surface area (Å²) in [5.74, 6) is -0.159. The molecule has 2 N–H and O–H groups in total. The Labute approximate surface area is 107 Å². The number of hydrogen-bond acceptors (Lipinski definition) is 4. The highest BCUT2D eigenvalue weighted by Gasteiger charge is 2.24. The molecule has 0 spiro atoms. The first-order chi connectivity index (χ1) is 8.38. The van der Waals surface area contributed by atoms with E-state index in [-0.39, 0.29) is 16.8 Å². The highest BCUT2D eigenvalue weighted by atomic mass is 32.2. The zero-order valence-electron chi connectivity index (χ0n) is 10.2. The Hall–Kier alpha value is -1.40. The minimum Gasteiger partial charge on any atom is -0.337 e. The molecule has 0 bridgehead atoms. The van der Waals surface area contributed by atoms with Crippen LogP contribution in [0.2, 0.25) is 0 Å². The van der Waals surface area contributed by atoms with Gasteiger partial charge in [0.25, 0.3) is 5.91 Å². The van der Waals surface area contributed by atoms with E-state index in [9.17, 15) is 13.2 Å². The van der Waals surface area contributed by atoms with Crippen LogP contribution < -0.4 is 5.73 Å². The van der Waals surface area contributed by atoms with Crippen molar-refractivity contribution in [3.05, 3.63) is 29.8 Å². The molecule has 0 radical (unpaired) electrons. The van der Waals surface area contributed by atoms with Crippen LogP contribution in [-0.2, 0) is 9.84 Å². The second-order valence-electron chi connectivity index (χ2n) is 4.60. The monoisotopic (exact) mass is 268 g/mol. The van der Waals surface area contributed by atoms with Gasteiger partial charge in [0.05, 0.1) is 4.90 Å². The van der Waals surface area contributed by atoms with Gasteiger partial charge in [0, 0.05) is 31.0 Å². The van der Waals surface area contributed by atoms with Gasteiger partial charge in [-0.1, -0.05) is 6.07 Å². The lowest BCUT2D eigenvalue weighted by Crippen LogP contribution is -2.31. The molecule has 1 fully saturated rings. The molecule has 1 heterocycles. The maximum Gasteiger partial charge on any atom is 0.253 e. The number of hydrogen-bond donors (Lipinski definition) is 1. The molecule has 0 saturated carbocycles. The number of amides is 1. The summed E-state index contributed by atoms with van der Waals surface area (Å²) in [5.41, 5.74) is 6.15. The van der Waals surface area contributed by atoms with E-state index in [1.165, 1.54) is 12.1 Å². The molecule has 0 aromatic heterocycles. The molecule has 1 aliphatic heterocycles. The molecule has 1 aromatic carbocycles. The van der Waals surface area contributed by atoms with Crippen molar-refractivity contribution in [3.63, 3.8) is 0 Å². The number of carbonyl (C=O) groups excluding carboxylic acids is 1. The minimum absolute atomic E-state index is 0.0204. The molecule has 98 valence electrons. The molecule has 6 heteroatoms. The average molecular weight is 268 g/mol. The molecular formula is C12H16N2O3S. The van der Waals surface area contributed by atoms with Crippen molar-refractivity contribution in [2.24, 2.45) is 5.73 Å². The van der Waals surface area contributed by atoms with Crippen LogP contribution in [0, 0.1) is 0 Å². The largest absolute Gasteiger partial charge is 0.337 e. The summed E-state index contributed by atoms with van der Waals surface area (Å²) in [4.78, 5) is 14.0. The Balaban J connectivity index is 2.26. The van der Waals surface area contributed by atoms with Gasteiger partial charge in [-0.25, -0.2) is 8.42 Å². The van der Waals surface area contributed by atoms with E-state index in [4.69, 9.17) is 5.73 Å². The molecule has 5 nitrogen and oxygen atoms in total. The highest BCUT2D eigenvalue weighted by Crippen LogP contribution is 2.16. The van der Waals surface area contributed by atoms with Crippen LogP contribution in [0.5, 0.6) is 0 Å². The third-order valence-corrected chi connectivity index (χ3v) is 4.13. The number of rotatable bonds is 2. The van der Waals surface area contributed by atoms with Crippen molar-refractivity contribution in [3.8, 4) is 0 Å². The molecule has 1 aromatic rings. The van der Waals surface area contributed by atoms with E-state index in [2.05, 4.69) is 0 Å². The number of likely N-dealkylation sites (tertiary alicyclic amines) is 1. The van der Waals surface area contributed by atoms with Gasteiger partial charge >= 0.3 is 0 Å². The zero-order chi connectivity index (χ0) is 13.3. The lowest BCUT2D eigenvalue weighted by molar-refractivity contribution is 0.0790. The van der Waals surface area contributed by atoms with E-state index in [1.54, 1.807) is 17.0 Å². The fourth-order valence-corrected chi connectivity index (χ4v) is 2.68. The van der Waals surface area contributed by atoms with Crippen LogP contribution in [0.3, 0.4) is 0 Å². The maximum absolute atomic E-state index is 12.1. The van der Waals surface area contributed by atoms with Gasteiger partial charge in [-0.2, -0.15) is 0 Å². The number of nitrogens with two attached hydrogens (primary N) is 1. The lowest BCUT2D eigenvalue weighted by Gasteiger charge is -2.16. The van der Waals surface area contributed by atoms with Crippen molar-refractivity contribution >= 4 is 15.7 Å². The number of carbonyl (C=O) groups is 1. The van der Waals surface area contributed by atoms with Crippen LogP contribution >= 0.6 is 0 Å². The van der Waals surface area contributed by atoms with Crippen LogP contribution in [0.15, 0.2) is 29.2 Å². The van der Waals surface area contributed by atoms with Crippen molar-refractivity contribution in [1.29, 1.82) is 0 Å². The van der Waals surface area contributed by atoms with Gasteiger partial charge in [-0.05, 0) is 24.6 Å². The molecule has 1 atom stereocenters. The summed E-state index contributed by atoms with van der Waals surface area (Å²) in [6.45, 7) is 1.16. The Kier molecular flexibility index (Phi) is 3.41. The number of sulfone groups is 1. The second kappa shape index (κ2) is 4.70. The van der Waals surface area contributed by atoms with Crippen LogP contribution in [0.4, 0.5) is 0 Å². The number of benzene rings is 1. The van der Waals surface area contributed by atoms with E-state index < -0.39 is 9.84 Å². The molecule has 2 rings (SSSR count). The predicted molar refractivity (Wildman–Crippen MR) is 68.0 cm³/mol. The molecular weight excluding hydrogens is 252 g/mol. The third kappa shape index (κ3) is 2.70. The number of nitrogens with zero attached hydrogens (tertiary/aromatic N) is 1. The van der Waals surface area contributed by atoms with Gasteiger partial charge in [0.2, 0.25) is 0 Å². The first kappa shape index (κ1) is 13.0. The van der Waals surface area contributed by atoms with Gasteiger partial charge in [0.15, 0.2) is 9.84 Å². The predicted octanol–water partition coefficient (Wildman–Crippen LogP) is 0.263. The fourth-order valence-electron chi connectivity index (χ4n) is 2.01. The van der Waals surface area contributed by atoms with Crippen molar-refractivity contribution in [2.75, 3.05) is 19.3 Å². The Morgan fingerprint density at radius 3 is 2.72 bits per heavy atom. The normalized spacial score (nSPS) is 20.1. The standard InChI is InChI=1S/C12H16N2O3S/c1-18(16,17)11-4-2-3-9(7-11)12(15)14-6-5-10(13)8-14/h2-4,7,10H,5-6,8,13H2,1H3/t10-/m1/s1. The van der Waals surface area contributed by atoms with Crippen LogP contribution in [-0.4, -0.2) is 44.6 Å². The van der Waals surface area contributed by atoms with E-state index in [0.29, 0.717) is 18.7 Å². The highest BCUT2D eigenvalue weighted by molar-refractivity contribution is 7.90. The summed E-state index contributed by atoms with van der Waals surface area (Å²) in [6, 6.07) is 6.14. The van der Waals surface area contributed by atoms with Gasteiger partial charge in [-0.15, -0.1) is 0 Å². The van der Waals surface area contributed by atoms with Gasteiger partial charge in [-0.3, -0.25) is 4.79 Å². The summed E-state index contributed by atoms with van der Waals surface area (Å²) in [5, 5.41) is 0. The summed E-state index contributed by atoms with van der Waals surface area (Å²) >= 11 is 0. The minimum atomic E-state index is -3.29. The van der Waals surface area contributed by atoms with E-state index in [1.807, 2.05) is 0 Å². The SMILES string of the molecule is CS(=O)(=O)c1cccc(C(=O)N2CC[C@@H](N)C2)c1. The van der Waals surface area contributed by atoms with Gasteiger partial charge < -0.3 is 10.6 Å². The van der Waals surface area contributed by atoms with Crippen molar-refractivity contribution in [1.82, 2.24) is 4.90 Å². The Morgan fingerprint density at radius 1 is 1.44 bits per heavy atom. The summed E-state index contributed by atoms with van der Waals surface area (Å²) in [7, 11) is -3.29. The summed E-state index contributed by atoms with van der Waals surface area (Å²) in [6.07, 6.45) is 1.92. The zero-order valence-corrected chi connectivity index (χ0v) is 11.0. The lowest BCUT2D eigenvalue weighted by atomic mass is 10.2. The molecule has 1 amide bonds. The van der Waals surface area contributed by atoms with Crippen LogP contribution in [0.1, 0.15) is 16.8 Å². The molecule has 1 aliphatic rings. The van der Waals surface area contributed by atoms with E-state index in [0.717, 1.165) is 12.7 Å². The second-order valence-corrected chi connectivity index (χ2v) is 6.62. The molecule has 1 saturated heterocycles. The molecule has 0 unspecified atom stereocenters. The van der Waals surface area contributed by atoms with Gasteiger partial charge in [0.1, 0.15) is 0 Å². The Morgan fingerprint density at radius 2 is 2.17 bits per heavy atom. The average Bonchev–Trinajstić information content (AvgIpc) is 2.74. The first-order valence-electron chi connectivity index (χ1n) is 5.73. The van der Waals surface area contributed by atoms with E-state index >= 15 is 0 Å². The van der Waals surface area contributed by atoms with Crippen LogP contribution in [0.25, 0.3) is 0 Å². The van der Waals surface area contributed by atoms with Crippen molar-refractivity contribution in [2.45, 2.75) is 17.4 Å². The summed E-state index contributed by atoms with van der Waals surface area (Å²) < 4.78 is 22.9.